The Hall–Kier alpha value is -2.79. The fourth-order valence-corrected chi connectivity index (χ4v) is 6.33. The number of carbonyl (C=O) groups excluding carboxylic acids is 1. The van der Waals surface area contributed by atoms with Gasteiger partial charge in [-0.2, -0.15) is 26.3 Å². The summed E-state index contributed by atoms with van der Waals surface area (Å²) in [5.74, 6) is -0.987. The number of aliphatic hydroxyl groups is 1. The number of methoxy groups -OCH3 is 1. The van der Waals surface area contributed by atoms with E-state index in [9.17, 15) is 36.2 Å². The number of anilines is 1. The number of hydrogen-bond acceptors (Lipinski definition) is 5. The van der Waals surface area contributed by atoms with E-state index in [0.29, 0.717) is 43.6 Å². The molecule has 0 saturated carbocycles. The van der Waals surface area contributed by atoms with E-state index in [1.807, 2.05) is 25.2 Å². The number of fused-ring (bicyclic) bond motifs is 1. The Morgan fingerprint density at radius 1 is 1.02 bits per heavy atom. The predicted molar refractivity (Wildman–Crippen MR) is 142 cm³/mol. The van der Waals surface area contributed by atoms with Gasteiger partial charge in [-0.15, -0.1) is 0 Å². The maximum absolute atomic E-state index is 13.7. The Labute approximate surface area is 236 Å². The smallest absolute Gasteiger partial charge is 0.416 e. The van der Waals surface area contributed by atoms with Crippen LogP contribution in [-0.4, -0.2) is 49.3 Å². The number of rotatable bonds is 6. The minimum Gasteiger partial charge on any atom is -0.469 e. The van der Waals surface area contributed by atoms with Gasteiger partial charge in [-0.25, -0.2) is 0 Å². The second-order valence-corrected chi connectivity index (χ2v) is 11.3. The topological polar surface area (TPSA) is 53.0 Å². The number of esters is 1. The van der Waals surface area contributed by atoms with Crippen LogP contribution in [0.4, 0.5) is 32.0 Å². The molecular formula is C30H36F6N2O3. The van der Waals surface area contributed by atoms with Gasteiger partial charge in [0, 0.05) is 25.3 Å². The summed E-state index contributed by atoms with van der Waals surface area (Å²) in [6.45, 7) is 3.41. The monoisotopic (exact) mass is 586 g/mol. The first-order chi connectivity index (χ1) is 19.1. The summed E-state index contributed by atoms with van der Waals surface area (Å²) in [4.78, 5) is 15.9. The van der Waals surface area contributed by atoms with Crippen LogP contribution >= 0.6 is 0 Å². The van der Waals surface area contributed by atoms with Crippen LogP contribution in [0.1, 0.15) is 65.7 Å². The average Bonchev–Trinajstić information content (AvgIpc) is 2.92. The zero-order valence-corrected chi connectivity index (χ0v) is 23.6. The van der Waals surface area contributed by atoms with Crippen molar-refractivity contribution in [2.45, 2.75) is 70.6 Å². The van der Waals surface area contributed by atoms with Crippen molar-refractivity contribution in [2.24, 2.45) is 11.8 Å². The van der Waals surface area contributed by atoms with Gasteiger partial charge >= 0.3 is 18.3 Å². The standard InChI is InChI=1S/C30H36F6N2O3/c1-17-13-24(30(34,35)36)22(14-23(17)29(31,32)33)16-38-11-9-20(10-12-38)25-8-7-19-5-6-21(15-26(19)37(25)3)27(39)18(2)28(40)41-4/h5-6,13-15,18,20,25,27,39H,7-12,16H2,1-4H3/t18-,25?,27+/m0/s1. The highest BCUT2D eigenvalue weighted by molar-refractivity contribution is 5.73. The first-order valence-corrected chi connectivity index (χ1v) is 13.7. The second-order valence-electron chi connectivity index (χ2n) is 11.3. The van der Waals surface area contributed by atoms with Crippen molar-refractivity contribution < 1.29 is 41.0 Å². The van der Waals surface area contributed by atoms with Gasteiger partial charge in [-0.05, 0) is 99.0 Å². The molecule has 1 N–H and O–H groups in total. The number of piperidine rings is 1. The van der Waals surface area contributed by atoms with Crippen molar-refractivity contribution >= 4 is 11.7 Å². The third kappa shape index (κ3) is 6.66. The maximum Gasteiger partial charge on any atom is 0.416 e. The average molecular weight is 587 g/mol. The quantitative estimate of drug-likeness (QED) is 0.308. The van der Waals surface area contributed by atoms with Crippen molar-refractivity contribution in [3.05, 3.63) is 63.7 Å². The van der Waals surface area contributed by atoms with Gasteiger partial charge in [0.1, 0.15) is 0 Å². The highest BCUT2D eigenvalue weighted by atomic mass is 19.4. The number of ether oxygens (including phenoxy) is 1. The van der Waals surface area contributed by atoms with E-state index in [4.69, 9.17) is 4.74 Å². The number of hydrogen-bond donors (Lipinski definition) is 1. The Balaban J connectivity index is 1.46. The first-order valence-electron chi connectivity index (χ1n) is 13.7. The van der Waals surface area contributed by atoms with Crippen LogP contribution in [0, 0.1) is 18.8 Å². The molecule has 1 fully saturated rings. The molecule has 11 heteroatoms. The zero-order chi connectivity index (χ0) is 30.3. The van der Waals surface area contributed by atoms with Crippen LogP contribution in [-0.2, 0) is 34.8 Å². The van der Waals surface area contributed by atoms with Gasteiger partial charge < -0.3 is 14.7 Å². The molecule has 2 aromatic carbocycles. The van der Waals surface area contributed by atoms with Crippen LogP contribution in [0.15, 0.2) is 30.3 Å². The number of benzene rings is 2. The Bertz CT molecular complexity index is 1250. The molecule has 226 valence electrons. The van der Waals surface area contributed by atoms with Crippen LogP contribution in [0.5, 0.6) is 0 Å². The lowest BCUT2D eigenvalue weighted by Crippen LogP contribution is -2.46. The molecule has 0 radical (unpaired) electrons. The molecule has 0 aromatic heterocycles. The fourth-order valence-electron chi connectivity index (χ4n) is 6.33. The zero-order valence-electron chi connectivity index (χ0n) is 23.6. The lowest BCUT2D eigenvalue weighted by atomic mass is 9.81. The maximum atomic E-state index is 13.7. The first kappa shape index (κ1) is 31.2. The van der Waals surface area contributed by atoms with Gasteiger partial charge in [-0.1, -0.05) is 12.1 Å². The fraction of sp³-hybridized carbons (Fsp3) is 0.567. The molecule has 2 heterocycles. The molecule has 41 heavy (non-hydrogen) atoms. The summed E-state index contributed by atoms with van der Waals surface area (Å²) in [5, 5.41) is 10.7. The van der Waals surface area contributed by atoms with Gasteiger partial charge in [0.2, 0.25) is 0 Å². The van der Waals surface area contributed by atoms with Crippen molar-refractivity contribution in [3.63, 3.8) is 0 Å². The van der Waals surface area contributed by atoms with Crippen molar-refractivity contribution in [2.75, 3.05) is 32.1 Å². The normalized spacial score (nSPS) is 20.5. The third-order valence-electron chi connectivity index (χ3n) is 8.72. The van der Waals surface area contributed by atoms with Crippen molar-refractivity contribution in [1.82, 2.24) is 4.90 Å². The molecule has 0 amide bonds. The molecule has 5 nitrogen and oxygen atoms in total. The largest absolute Gasteiger partial charge is 0.469 e. The summed E-state index contributed by atoms with van der Waals surface area (Å²) >= 11 is 0. The minimum atomic E-state index is -4.75. The number of nitrogens with zero attached hydrogens (tertiary/aromatic N) is 2. The van der Waals surface area contributed by atoms with Crippen LogP contribution in [0.25, 0.3) is 0 Å². The van der Waals surface area contributed by atoms with Crippen LogP contribution < -0.4 is 4.90 Å². The molecule has 2 aliphatic rings. The minimum absolute atomic E-state index is 0.164. The van der Waals surface area contributed by atoms with Gasteiger partial charge in [0.05, 0.1) is 30.3 Å². The number of aliphatic hydroxyl groups excluding tert-OH is 1. The molecule has 1 unspecified atom stereocenters. The lowest BCUT2D eigenvalue weighted by molar-refractivity contribution is -0.148. The number of alkyl halides is 6. The van der Waals surface area contributed by atoms with Gasteiger partial charge in [0.25, 0.3) is 0 Å². The molecule has 0 bridgehead atoms. The summed E-state index contributed by atoms with van der Waals surface area (Å²) in [7, 11) is 3.26. The van der Waals surface area contributed by atoms with Crippen molar-refractivity contribution in [3.8, 4) is 0 Å². The van der Waals surface area contributed by atoms with E-state index in [1.165, 1.54) is 7.11 Å². The van der Waals surface area contributed by atoms with E-state index >= 15 is 0 Å². The van der Waals surface area contributed by atoms with E-state index in [2.05, 4.69) is 4.90 Å². The summed E-state index contributed by atoms with van der Waals surface area (Å²) < 4.78 is 86.3. The molecule has 0 aliphatic carbocycles. The number of aryl methyl sites for hydroxylation is 2. The molecule has 2 aliphatic heterocycles. The Kier molecular flexibility index (Phi) is 8.99. The number of carbonyl (C=O) groups is 1. The Morgan fingerprint density at radius 2 is 1.66 bits per heavy atom. The molecule has 0 spiro atoms. The van der Waals surface area contributed by atoms with E-state index < -0.39 is 47.0 Å². The summed E-state index contributed by atoms with van der Waals surface area (Å²) in [6.07, 6.45) is -7.39. The van der Waals surface area contributed by atoms with E-state index in [0.717, 1.165) is 31.0 Å². The molecule has 4 rings (SSSR count). The third-order valence-corrected chi connectivity index (χ3v) is 8.72. The van der Waals surface area contributed by atoms with Gasteiger partial charge in [0.15, 0.2) is 0 Å². The Morgan fingerprint density at radius 3 is 2.24 bits per heavy atom. The molecule has 2 aromatic rings. The second kappa shape index (κ2) is 11.8. The van der Waals surface area contributed by atoms with E-state index in [1.54, 1.807) is 11.8 Å². The number of likely N-dealkylation sites (tertiary alicyclic amines) is 1. The summed E-state index contributed by atoms with van der Waals surface area (Å²) in [6, 6.07) is 7.11. The molecular weight excluding hydrogens is 550 g/mol. The van der Waals surface area contributed by atoms with Gasteiger partial charge in [-0.3, -0.25) is 9.69 Å². The van der Waals surface area contributed by atoms with Crippen LogP contribution in [0.3, 0.4) is 0 Å². The number of halogens is 6. The SMILES string of the molecule is COC(=O)[C@@H](C)[C@@H](O)c1ccc2c(c1)N(C)C(C1CCN(Cc3cc(C(F)(F)F)c(C)cc3C(F)(F)F)CC1)CC2. The van der Waals surface area contributed by atoms with Crippen LogP contribution in [0.2, 0.25) is 0 Å². The summed E-state index contributed by atoms with van der Waals surface area (Å²) in [5.41, 5.74) is -0.153. The predicted octanol–water partition coefficient (Wildman–Crippen LogP) is 6.54. The van der Waals surface area contributed by atoms with E-state index in [-0.39, 0.29) is 24.1 Å². The molecule has 3 atom stereocenters. The highest BCUT2D eigenvalue weighted by Crippen LogP contribution is 2.41. The molecule has 1 saturated heterocycles. The van der Waals surface area contributed by atoms with Crippen molar-refractivity contribution in [1.29, 1.82) is 0 Å². The highest BCUT2D eigenvalue weighted by Gasteiger charge is 2.39. The lowest BCUT2D eigenvalue weighted by Gasteiger charge is -2.44.